The lowest BCUT2D eigenvalue weighted by Crippen LogP contribution is -2.10. The van der Waals surface area contributed by atoms with Crippen molar-refractivity contribution in [3.63, 3.8) is 0 Å². The van der Waals surface area contributed by atoms with E-state index in [1.165, 1.54) is 11.3 Å². The fraction of sp³-hybridized carbons (Fsp3) is 0. The van der Waals surface area contributed by atoms with Crippen molar-refractivity contribution in [2.45, 2.75) is 0 Å². The molecule has 0 aliphatic carbocycles. The zero-order chi connectivity index (χ0) is 19.5. The lowest BCUT2D eigenvalue weighted by molar-refractivity contribution is 0.100. The van der Waals surface area contributed by atoms with Crippen molar-refractivity contribution in [3.05, 3.63) is 83.5 Å². The first-order valence-corrected chi connectivity index (χ1v) is 9.34. The monoisotopic (exact) mass is 382 g/mol. The Labute approximate surface area is 165 Å². The molecule has 0 aliphatic rings. The zero-order valence-corrected chi connectivity index (χ0v) is 15.5. The Morgan fingerprint density at radius 1 is 0.929 bits per heavy atom. The Bertz CT molecular complexity index is 1170. The minimum Gasteiger partial charge on any atom is -0.366 e. The van der Waals surface area contributed by atoms with Crippen LogP contribution in [0.4, 0.5) is 0 Å². The van der Waals surface area contributed by atoms with E-state index in [0.717, 1.165) is 33.0 Å². The van der Waals surface area contributed by atoms with E-state index in [1.54, 1.807) is 36.0 Å². The van der Waals surface area contributed by atoms with Gasteiger partial charge in [0.25, 0.3) is 0 Å². The number of benzene rings is 2. The second-order valence-electron chi connectivity index (χ2n) is 6.12. The Balaban J connectivity index is 1.84. The number of nitriles is 1. The van der Waals surface area contributed by atoms with Gasteiger partial charge >= 0.3 is 0 Å². The van der Waals surface area contributed by atoms with Gasteiger partial charge in [0.2, 0.25) is 5.91 Å². The Hall–Kier alpha value is -3.82. The van der Waals surface area contributed by atoms with E-state index in [-0.39, 0.29) is 0 Å². The predicted molar refractivity (Wildman–Crippen MR) is 109 cm³/mol. The van der Waals surface area contributed by atoms with Gasteiger partial charge in [0, 0.05) is 17.3 Å². The number of hydrogen-bond donors (Lipinski definition) is 1. The number of thiazole rings is 1. The maximum absolute atomic E-state index is 11.3. The molecule has 28 heavy (non-hydrogen) atoms. The van der Waals surface area contributed by atoms with E-state index in [4.69, 9.17) is 16.0 Å². The normalized spacial score (nSPS) is 10.4. The topological polar surface area (TPSA) is 92.7 Å². The predicted octanol–water partition coefficient (Wildman–Crippen LogP) is 4.51. The number of carbonyl (C=O) groups excluding carboxylic acids is 1. The fourth-order valence-corrected chi connectivity index (χ4v) is 3.44. The van der Waals surface area contributed by atoms with Crippen molar-refractivity contribution >= 4 is 17.2 Å². The molecule has 0 radical (unpaired) electrons. The van der Waals surface area contributed by atoms with Crippen molar-refractivity contribution in [1.29, 1.82) is 5.26 Å². The summed E-state index contributed by atoms with van der Waals surface area (Å²) in [7, 11) is 0. The van der Waals surface area contributed by atoms with Crippen molar-refractivity contribution in [2.24, 2.45) is 5.73 Å². The summed E-state index contributed by atoms with van der Waals surface area (Å²) in [5, 5.41) is 9.02. The Morgan fingerprint density at radius 2 is 1.61 bits per heavy atom. The first-order chi connectivity index (χ1) is 13.6. The number of hydrogen-bond acceptors (Lipinski definition) is 5. The van der Waals surface area contributed by atoms with Crippen molar-refractivity contribution in [3.8, 4) is 39.0 Å². The van der Waals surface area contributed by atoms with Gasteiger partial charge in [0.15, 0.2) is 0 Å². The largest absolute Gasteiger partial charge is 0.366 e. The minimum atomic E-state index is -0.454. The number of pyridine rings is 1. The number of nitrogens with zero attached hydrogens (tertiary/aromatic N) is 3. The first-order valence-electron chi connectivity index (χ1n) is 8.46. The van der Waals surface area contributed by atoms with Gasteiger partial charge in [0.1, 0.15) is 0 Å². The SMILES string of the molecule is N#Cc1ccc(-c2cc(-c3ccc(C(N)=O)cc3)cc(-c3cncs3)n2)cc1. The molecule has 0 saturated carbocycles. The number of carbonyl (C=O) groups is 1. The van der Waals surface area contributed by atoms with Crippen molar-refractivity contribution in [2.75, 3.05) is 0 Å². The van der Waals surface area contributed by atoms with E-state index in [0.29, 0.717) is 11.1 Å². The van der Waals surface area contributed by atoms with Crippen LogP contribution in [-0.4, -0.2) is 15.9 Å². The summed E-state index contributed by atoms with van der Waals surface area (Å²) in [6.07, 6.45) is 1.79. The average Bonchev–Trinajstić information content (AvgIpc) is 3.28. The molecule has 2 heterocycles. The molecule has 0 fully saturated rings. The van der Waals surface area contributed by atoms with Crippen LogP contribution >= 0.6 is 11.3 Å². The summed E-state index contributed by atoms with van der Waals surface area (Å²) in [5.41, 5.74) is 12.6. The van der Waals surface area contributed by atoms with Gasteiger partial charge in [-0.3, -0.25) is 9.78 Å². The van der Waals surface area contributed by atoms with Crippen LogP contribution in [0.3, 0.4) is 0 Å². The molecule has 1 amide bonds. The number of nitrogens with two attached hydrogens (primary N) is 1. The molecule has 2 N–H and O–H groups in total. The van der Waals surface area contributed by atoms with Gasteiger partial charge < -0.3 is 5.73 Å². The average molecular weight is 382 g/mol. The smallest absolute Gasteiger partial charge is 0.248 e. The number of amides is 1. The molecule has 0 unspecified atom stereocenters. The van der Waals surface area contributed by atoms with Crippen LogP contribution in [0.5, 0.6) is 0 Å². The van der Waals surface area contributed by atoms with Crippen molar-refractivity contribution < 1.29 is 4.79 Å². The highest BCUT2D eigenvalue weighted by atomic mass is 32.1. The molecule has 0 aliphatic heterocycles. The van der Waals surface area contributed by atoms with Gasteiger partial charge in [-0.2, -0.15) is 5.26 Å². The Kier molecular flexibility index (Phi) is 4.67. The third-order valence-corrected chi connectivity index (χ3v) is 5.12. The van der Waals surface area contributed by atoms with Gasteiger partial charge in [0.05, 0.1) is 33.4 Å². The molecule has 0 spiro atoms. The van der Waals surface area contributed by atoms with Crippen LogP contribution < -0.4 is 5.73 Å². The van der Waals surface area contributed by atoms with Gasteiger partial charge in [-0.25, -0.2) is 4.98 Å². The molecule has 4 aromatic rings. The molecular formula is C22H14N4OS. The molecule has 0 bridgehead atoms. The number of primary amides is 1. The van der Waals surface area contributed by atoms with Crippen LogP contribution in [0.25, 0.3) is 33.0 Å². The van der Waals surface area contributed by atoms with Crippen LogP contribution in [0.1, 0.15) is 15.9 Å². The summed E-state index contributed by atoms with van der Waals surface area (Å²) in [5.74, 6) is -0.454. The maximum atomic E-state index is 11.3. The van der Waals surface area contributed by atoms with Gasteiger partial charge in [-0.05, 0) is 47.5 Å². The number of rotatable bonds is 4. The van der Waals surface area contributed by atoms with Gasteiger partial charge in [-0.15, -0.1) is 11.3 Å². The molecule has 2 aromatic carbocycles. The number of aromatic nitrogens is 2. The Morgan fingerprint density at radius 3 is 2.21 bits per heavy atom. The summed E-state index contributed by atoms with van der Waals surface area (Å²) >= 11 is 1.52. The highest BCUT2D eigenvalue weighted by Crippen LogP contribution is 2.31. The third kappa shape index (κ3) is 3.52. The summed E-state index contributed by atoms with van der Waals surface area (Å²) in [6.45, 7) is 0. The van der Waals surface area contributed by atoms with Crippen LogP contribution in [-0.2, 0) is 0 Å². The van der Waals surface area contributed by atoms with Crippen LogP contribution in [0, 0.1) is 11.3 Å². The minimum absolute atomic E-state index is 0.454. The van der Waals surface area contributed by atoms with E-state index < -0.39 is 5.91 Å². The lowest BCUT2D eigenvalue weighted by atomic mass is 10.00. The molecule has 134 valence electrons. The van der Waals surface area contributed by atoms with E-state index in [2.05, 4.69) is 11.1 Å². The zero-order valence-electron chi connectivity index (χ0n) is 14.7. The molecular weight excluding hydrogens is 368 g/mol. The standard InChI is InChI=1S/C22H14N4OS/c23-11-14-1-3-16(4-2-14)19-9-18(10-20(26-19)21-12-25-13-28-21)15-5-7-17(8-6-15)22(24)27/h1-10,12-13H,(H2,24,27). The summed E-state index contributed by atoms with van der Waals surface area (Å²) < 4.78 is 0. The quantitative estimate of drug-likeness (QED) is 0.562. The fourth-order valence-electron chi connectivity index (χ4n) is 2.86. The summed E-state index contributed by atoms with van der Waals surface area (Å²) in [4.78, 5) is 21.2. The highest BCUT2D eigenvalue weighted by molar-refractivity contribution is 7.13. The van der Waals surface area contributed by atoms with Gasteiger partial charge in [-0.1, -0.05) is 24.3 Å². The van der Waals surface area contributed by atoms with E-state index >= 15 is 0 Å². The lowest BCUT2D eigenvalue weighted by Gasteiger charge is -2.09. The molecule has 6 heteroatoms. The molecule has 0 saturated heterocycles. The molecule has 5 nitrogen and oxygen atoms in total. The second-order valence-corrected chi connectivity index (χ2v) is 7.01. The third-order valence-electron chi connectivity index (χ3n) is 4.32. The molecule has 2 aromatic heterocycles. The summed E-state index contributed by atoms with van der Waals surface area (Å²) in [6, 6.07) is 20.6. The molecule has 4 rings (SSSR count). The van der Waals surface area contributed by atoms with Crippen molar-refractivity contribution in [1.82, 2.24) is 9.97 Å². The van der Waals surface area contributed by atoms with E-state index in [1.807, 2.05) is 36.4 Å². The van der Waals surface area contributed by atoms with E-state index in [9.17, 15) is 4.79 Å². The van der Waals surface area contributed by atoms with Crippen LogP contribution in [0.2, 0.25) is 0 Å². The first kappa shape index (κ1) is 17.6. The van der Waals surface area contributed by atoms with Crippen LogP contribution in [0.15, 0.2) is 72.4 Å². The second kappa shape index (κ2) is 7.43. The molecule has 0 atom stereocenters. The maximum Gasteiger partial charge on any atom is 0.248 e. The highest BCUT2D eigenvalue weighted by Gasteiger charge is 2.10.